The van der Waals surface area contributed by atoms with Gasteiger partial charge in [0.15, 0.2) is 0 Å². The summed E-state index contributed by atoms with van der Waals surface area (Å²) in [5, 5.41) is 13.4. The van der Waals surface area contributed by atoms with Crippen LogP contribution < -0.4 is 21.2 Å². The van der Waals surface area contributed by atoms with Crippen molar-refractivity contribution in [3.63, 3.8) is 0 Å². The number of nitriles is 1. The highest BCUT2D eigenvalue weighted by molar-refractivity contribution is 6.01. The zero-order valence-corrected chi connectivity index (χ0v) is 20.0. The first-order valence-corrected chi connectivity index (χ1v) is 11.4. The van der Waals surface area contributed by atoms with E-state index in [4.69, 9.17) is 15.7 Å². The van der Waals surface area contributed by atoms with E-state index < -0.39 is 36.1 Å². The summed E-state index contributed by atoms with van der Waals surface area (Å²) < 4.78 is 6.98. The Kier molecular flexibility index (Phi) is 7.96. The summed E-state index contributed by atoms with van der Waals surface area (Å²) >= 11 is 0. The molecule has 0 saturated carbocycles. The van der Waals surface area contributed by atoms with Crippen LogP contribution in [0.5, 0.6) is 5.75 Å². The van der Waals surface area contributed by atoms with Crippen molar-refractivity contribution in [1.29, 1.82) is 5.26 Å². The molecule has 2 atom stereocenters. The summed E-state index contributed by atoms with van der Waals surface area (Å²) in [6, 6.07) is 7.70. The van der Waals surface area contributed by atoms with Gasteiger partial charge in [0, 0.05) is 11.9 Å². The zero-order chi connectivity index (χ0) is 25.7. The molecule has 1 fully saturated rings. The Labute approximate surface area is 203 Å². The highest BCUT2D eigenvalue weighted by Crippen LogP contribution is 2.33. The number of benzene rings is 1. The molecule has 1 aromatic heterocycles. The van der Waals surface area contributed by atoms with E-state index in [2.05, 4.69) is 10.7 Å². The van der Waals surface area contributed by atoms with Crippen LogP contribution in [0.1, 0.15) is 49.6 Å². The predicted molar refractivity (Wildman–Crippen MR) is 127 cm³/mol. The van der Waals surface area contributed by atoms with E-state index in [9.17, 15) is 19.2 Å². The lowest BCUT2D eigenvalue weighted by atomic mass is 10.0. The molecule has 35 heavy (non-hydrogen) atoms. The summed E-state index contributed by atoms with van der Waals surface area (Å²) in [6.45, 7) is 4.28. The third-order valence-corrected chi connectivity index (χ3v) is 5.97. The second-order valence-corrected chi connectivity index (χ2v) is 8.89. The van der Waals surface area contributed by atoms with Crippen LogP contribution in [0.2, 0.25) is 0 Å². The Bertz CT molecular complexity index is 1180. The van der Waals surface area contributed by atoms with Crippen molar-refractivity contribution in [1.82, 2.24) is 20.3 Å². The molecular formula is C24H30N6O5. The Hall–Kier alpha value is -4.07. The Morgan fingerprint density at radius 3 is 2.69 bits per heavy atom. The number of nitrogens with zero attached hydrogens (tertiary/aromatic N) is 3. The average Bonchev–Trinajstić information content (AvgIpc) is 3.40. The monoisotopic (exact) mass is 482 g/mol. The van der Waals surface area contributed by atoms with E-state index in [1.54, 1.807) is 34.9 Å². The number of carbonyl (C=O) groups is 4. The van der Waals surface area contributed by atoms with Gasteiger partial charge in [-0.05, 0) is 37.0 Å². The van der Waals surface area contributed by atoms with Crippen LogP contribution in [-0.4, -0.2) is 53.4 Å². The number of nitrogens with two attached hydrogens (primary N) is 1. The third-order valence-electron chi connectivity index (χ3n) is 5.97. The minimum Gasteiger partial charge on any atom is -0.496 e. The first kappa shape index (κ1) is 25.6. The fourth-order valence-electron chi connectivity index (χ4n) is 4.32. The van der Waals surface area contributed by atoms with Crippen LogP contribution in [0.4, 0.5) is 0 Å². The van der Waals surface area contributed by atoms with Crippen LogP contribution in [0.15, 0.2) is 24.3 Å². The van der Waals surface area contributed by atoms with E-state index in [0.29, 0.717) is 36.0 Å². The summed E-state index contributed by atoms with van der Waals surface area (Å²) in [6.07, 6.45) is 0.380. The number of hydrogen-bond donors (Lipinski definition) is 3. The fourth-order valence-corrected chi connectivity index (χ4v) is 4.32. The van der Waals surface area contributed by atoms with Gasteiger partial charge in [0.25, 0.3) is 17.7 Å². The highest BCUT2D eigenvalue weighted by atomic mass is 16.5. The minimum atomic E-state index is -0.906. The molecule has 3 rings (SSSR count). The molecule has 0 unspecified atom stereocenters. The van der Waals surface area contributed by atoms with Crippen LogP contribution in [0, 0.1) is 23.2 Å². The Morgan fingerprint density at radius 1 is 1.37 bits per heavy atom. The number of hydrogen-bond acceptors (Lipinski definition) is 6. The minimum absolute atomic E-state index is 0.0402. The number of aromatic nitrogens is 1. The molecule has 11 nitrogen and oxygen atoms in total. The molecule has 1 saturated heterocycles. The number of primary amides is 1. The smallest absolute Gasteiger partial charge is 0.265 e. The molecule has 0 radical (unpaired) electrons. The lowest BCUT2D eigenvalue weighted by Gasteiger charge is -2.29. The Balaban J connectivity index is 2.03. The third kappa shape index (κ3) is 5.54. The topological polar surface area (TPSA) is 160 Å². The van der Waals surface area contributed by atoms with E-state index in [1.165, 1.54) is 7.11 Å². The summed E-state index contributed by atoms with van der Waals surface area (Å²) in [5.41, 5.74) is 8.98. The maximum Gasteiger partial charge on any atom is 0.265 e. The number of amides is 4. The second-order valence-electron chi connectivity index (χ2n) is 8.89. The highest BCUT2D eigenvalue weighted by Gasteiger charge is 2.33. The van der Waals surface area contributed by atoms with Gasteiger partial charge in [-0.3, -0.25) is 29.6 Å². The van der Waals surface area contributed by atoms with Crippen LogP contribution in [0.3, 0.4) is 0 Å². The molecule has 2 heterocycles. The van der Waals surface area contributed by atoms with Gasteiger partial charge in [-0.25, -0.2) is 0 Å². The zero-order valence-electron chi connectivity index (χ0n) is 20.0. The molecule has 2 aromatic rings. The van der Waals surface area contributed by atoms with E-state index >= 15 is 0 Å². The van der Waals surface area contributed by atoms with Gasteiger partial charge in [0.05, 0.1) is 31.2 Å². The van der Waals surface area contributed by atoms with Gasteiger partial charge < -0.3 is 20.4 Å². The molecular weight excluding hydrogens is 452 g/mol. The van der Waals surface area contributed by atoms with Gasteiger partial charge in [-0.1, -0.05) is 19.9 Å². The normalized spacial score (nSPS) is 16.0. The standard InChI is InChI=1S/C24H30N6O5/c1-14(2)11-19(30-17-5-4-6-20(35-3)16(17)12-18(30)22(26)32)24(34)28-29(21(31)7-9-25)13-15-8-10-27-23(15)33/h4-6,12,14-15,19H,7-8,10-11,13H2,1-3H3,(H2,26,32)(H,27,33)(H,28,34)/t15-,19-/m0/s1. The molecule has 1 aliphatic rings. The summed E-state index contributed by atoms with van der Waals surface area (Å²) in [4.78, 5) is 50.7. The lowest BCUT2D eigenvalue weighted by molar-refractivity contribution is -0.144. The first-order valence-electron chi connectivity index (χ1n) is 11.4. The summed E-state index contributed by atoms with van der Waals surface area (Å²) in [7, 11) is 1.51. The van der Waals surface area contributed by atoms with Crippen molar-refractivity contribution in [2.75, 3.05) is 20.2 Å². The first-order chi connectivity index (χ1) is 16.7. The lowest BCUT2D eigenvalue weighted by Crippen LogP contribution is -2.51. The van der Waals surface area contributed by atoms with Gasteiger partial charge in [0.1, 0.15) is 23.9 Å². The average molecular weight is 483 g/mol. The molecule has 0 bridgehead atoms. The maximum atomic E-state index is 13.6. The number of methoxy groups -OCH3 is 1. The molecule has 1 aliphatic heterocycles. The van der Waals surface area contributed by atoms with E-state index in [0.717, 1.165) is 5.01 Å². The van der Waals surface area contributed by atoms with E-state index in [-0.39, 0.29) is 24.1 Å². The van der Waals surface area contributed by atoms with Gasteiger partial charge >= 0.3 is 0 Å². The molecule has 0 spiro atoms. The molecule has 186 valence electrons. The Morgan fingerprint density at radius 2 is 2.11 bits per heavy atom. The van der Waals surface area contributed by atoms with Gasteiger partial charge in [0.2, 0.25) is 5.91 Å². The van der Waals surface area contributed by atoms with Crippen LogP contribution in [0.25, 0.3) is 10.9 Å². The number of rotatable bonds is 9. The molecule has 11 heteroatoms. The van der Waals surface area contributed by atoms with Crippen LogP contribution >= 0.6 is 0 Å². The SMILES string of the molecule is COc1cccc2c1cc(C(N)=O)n2[C@@H](CC(C)C)C(=O)NN(C[C@@H]1CCNC1=O)C(=O)CC#N. The largest absolute Gasteiger partial charge is 0.496 e. The predicted octanol–water partition coefficient (Wildman–Crippen LogP) is 1.25. The quantitative estimate of drug-likeness (QED) is 0.456. The van der Waals surface area contributed by atoms with Crippen molar-refractivity contribution in [2.24, 2.45) is 17.6 Å². The van der Waals surface area contributed by atoms with Crippen molar-refractivity contribution < 1.29 is 23.9 Å². The van der Waals surface area contributed by atoms with Crippen molar-refractivity contribution in [3.05, 3.63) is 30.0 Å². The summed E-state index contributed by atoms with van der Waals surface area (Å²) in [5.74, 6) is -2.07. The molecule has 4 amide bonds. The van der Waals surface area contributed by atoms with Crippen LogP contribution in [-0.2, 0) is 14.4 Å². The second kappa shape index (κ2) is 10.9. The van der Waals surface area contributed by atoms with Crippen molar-refractivity contribution in [3.8, 4) is 11.8 Å². The van der Waals surface area contributed by atoms with Crippen molar-refractivity contribution >= 4 is 34.5 Å². The molecule has 1 aromatic carbocycles. The fraction of sp³-hybridized carbons (Fsp3) is 0.458. The number of fused-ring (bicyclic) bond motifs is 1. The van der Waals surface area contributed by atoms with Gasteiger partial charge in [-0.2, -0.15) is 5.26 Å². The number of hydrazine groups is 1. The number of carbonyl (C=O) groups excluding carboxylic acids is 4. The molecule has 0 aliphatic carbocycles. The maximum absolute atomic E-state index is 13.6. The number of ether oxygens (including phenoxy) is 1. The molecule has 4 N–H and O–H groups in total. The van der Waals surface area contributed by atoms with E-state index in [1.807, 2.05) is 13.8 Å². The number of nitrogens with one attached hydrogen (secondary N) is 2. The van der Waals surface area contributed by atoms with Gasteiger partial charge in [-0.15, -0.1) is 0 Å². The van der Waals surface area contributed by atoms with Crippen molar-refractivity contribution in [2.45, 2.75) is 39.2 Å².